The first kappa shape index (κ1) is 24.0. The normalized spacial score (nSPS) is 18.4. The van der Waals surface area contributed by atoms with Gasteiger partial charge in [0.25, 0.3) is 5.91 Å². The van der Waals surface area contributed by atoms with Crippen molar-refractivity contribution < 1.29 is 14.3 Å². The number of amides is 2. The number of hydrogen-bond acceptors (Lipinski definition) is 5. The highest BCUT2D eigenvalue weighted by Crippen LogP contribution is 2.36. The van der Waals surface area contributed by atoms with Gasteiger partial charge in [0.15, 0.2) is 0 Å². The fourth-order valence-electron chi connectivity index (χ4n) is 5.01. The fourth-order valence-corrected chi connectivity index (χ4v) is 5.01. The molecule has 1 saturated heterocycles. The van der Waals surface area contributed by atoms with Gasteiger partial charge in [-0.15, -0.1) is 0 Å². The molecule has 0 radical (unpaired) electrons. The number of rotatable bonds is 4. The first-order chi connectivity index (χ1) is 16.1. The summed E-state index contributed by atoms with van der Waals surface area (Å²) in [6.45, 7) is 7.44. The van der Waals surface area contributed by atoms with Crippen molar-refractivity contribution in [1.82, 2.24) is 14.8 Å². The van der Waals surface area contributed by atoms with Crippen LogP contribution in [0.4, 0.5) is 10.5 Å². The summed E-state index contributed by atoms with van der Waals surface area (Å²) in [5.74, 6) is 0.0377. The largest absolute Gasteiger partial charge is 0.444 e. The Bertz CT molecular complexity index is 1030. The molecule has 1 fully saturated rings. The molecule has 7 heteroatoms. The Kier molecular flexibility index (Phi) is 6.82. The lowest BCUT2D eigenvalue weighted by atomic mass is 10.00. The van der Waals surface area contributed by atoms with Gasteiger partial charge < -0.3 is 19.4 Å². The predicted octanol–water partition coefficient (Wildman–Crippen LogP) is 4.68. The Hall–Kier alpha value is -3.09. The zero-order chi connectivity index (χ0) is 24.5. The smallest absolute Gasteiger partial charge is 0.410 e. The highest BCUT2D eigenvalue weighted by molar-refractivity contribution is 5.94. The fraction of sp³-hybridized carbons (Fsp3) is 0.519. The van der Waals surface area contributed by atoms with Crippen LogP contribution in [-0.2, 0) is 11.2 Å². The van der Waals surface area contributed by atoms with E-state index >= 15 is 0 Å². The first-order valence-corrected chi connectivity index (χ1v) is 12.1. The van der Waals surface area contributed by atoms with Crippen LogP contribution < -0.4 is 4.90 Å². The van der Waals surface area contributed by atoms with E-state index in [-0.39, 0.29) is 24.1 Å². The van der Waals surface area contributed by atoms with Gasteiger partial charge in [0.2, 0.25) is 0 Å². The molecule has 1 atom stereocenters. The third kappa shape index (κ3) is 5.18. The van der Waals surface area contributed by atoms with Crippen molar-refractivity contribution in [2.45, 2.75) is 64.1 Å². The van der Waals surface area contributed by atoms with Crippen LogP contribution in [-0.4, -0.2) is 65.6 Å². The third-order valence-electron chi connectivity index (χ3n) is 6.95. The van der Waals surface area contributed by atoms with Gasteiger partial charge >= 0.3 is 6.09 Å². The number of nitrogens with zero attached hydrogens (tertiary/aromatic N) is 4. The summed E-state index contributed by atoms with van der Waals surface area (Å²) < 4.78 is 5.57. The Balaban J connectivity index is 1.43. The van der Waals surface area contributed by atoms with Gasteiger partial charge in [0.05, 0.1) is 6.04 Å². The van der Waals surface area contributed by atoms with E-state index in [1.165, 1.54) is 11.3 Å². The lowest BCUT2D eigenvalue weighted by molar-refractivity contribution is 0.0220. The van der Waals surface area contributed by atoms with Crippen LogP contribution in [0.5, 0.6) is 0 Å². The van der Waals surface area contributed by atoms with Crippen molar-refractivity contribution in [3.8, 4) is 0 Å². The SMILES string of the molecule is CN(C(=O)c1ccc2c(c1)C(N(C)C(=O)OC(C)(C)C)CC2)C1CCN(c2ccncc2)CC1. The summed E-state index contributed by atoms with van der Waals surface area (Å²) in [7, 11) is 3.69. The number of ether oxygens (including phenoxy) is 1. The molecule has 2 amide bonds. The molecule has 1 aromatic carbocycles. The van der Waals surface area contributed by atoms with Gasteiger partial charge in [-0.2, -0.15) is 0 Å². The van der Waals surface area contributed by atoms with Crippen molar-refractivity contribution in [2.24, 2.45) is 0 Å². The van der Waals surface area contributed by atoms with Gasteiger partial charge in [0, 0.05) is 56.9 Å². The Morgan fingerprint density at radius 2 is 1.68 bits per heavy atom. The minimum atomic E-state index is -0.541. The van der Waals surface area contributed by atoms with E-state index in [1.807, 2.05) is 75.4 Å². The molecule has 182 valence electrons. The average Bonchev–Trinajstić information content (AvgIpc) is 3.25. The zero-order valence-corrected chi connectivity index (χ0v) is 21.0. The molecule has 1 aliphatic heterocycles. The van der Waals surface area contributed by atoms with Gasteiger partial charge in [-0.1, -0.05) is 6.07 Å². The van der Waals surface area contributed by atoms with Crippen LogP contribution in [0.15, 0.2) is 42.7 Å². The van der Waals surface area contributed by atoms with Crippen LogP contribution in [0, 0.1) is 0 Å². The molecule has 2 aliphatic rings. The Morgan fingerprint density at radius 1 is 1.00 bits per heavy atom. The quantitative estimate of drug-likeness (QED) is 0.658. The minimum absolute atomic E-state index is 0.0377. The van der Waals surface area contributed by atoms with Crippen molar-refractivity contribution >= 4 is 17.7 Å². The molecule has 7 nitrogen and oxygen atoms in total. The summed E-state index contributed by atoms with van der Waals surface area (Å²) in [4.78, 5) is 36.0. The lowest BCUT2D eigenvalue weighted by Gasteiger charge is -2.38. The maximum Gasteiger partial charge on any atom is 0.410 e. The topological polar surface area (TPSA) is 66.0 Å². The number of carbonyl (C=O) groups is 2. The van der Waals surface area contributed by atoms with Crippen LogP contribution in [0.2, 0.25) is 0 Å². The summed E-state index contributed by atoms with van der Waals surface area (Å²) in [5, 5.41) is 0. The molecule has 1 unspecified atom stereocenters. The molecule has 2 heterocycles. The number of carbonyl (C=O) groups excluding carboxylic acids is 2. The lowest BCUT2D eigenvalue weighted by Crippen LogP contribution is -2.45. The van der Waals surface area contributed by atoms with Gasteiger partial charge in [0.1, 0.15) is 5.60 Å². The number of fused-ring (bicyclic) bond motifs is 1. The Morgan fingerprint density at radius 3 is 2.32 bits per heavy atom. The number of anilines is 1. The Labute approximate surface area is 202 Å². The zero-order valence-electron chi connectivity index (χ0n) is 21.0. The second kappa shape index (κ2) is 9.65. The summed E-state index contributed by atoms with van der Waals surface area (Å²) in [6, 6.07) is 10.2. The van der Waals surface area contributed by atoms with Crippen molar-refractivity contribution in [3.05, 3.63) is 59.4 Å². The first-order valence-electron chi connectivity index (χ1n) is 12.1. The monoisotopic (exact) mass is 464 g/mol. The highest BCUT2D eigenvalue weighted by atomic mass is 16.6. The number of aryl methyl sites for hydroxylation is 1. The molecule has 4 rings (SSSR count). The van der Waals surface area contributed by atoms with E-state index in [4.69, 9.17) is 4.74 Å². The van der Waals surface area contributed by atoms with Crippen LogP contribution in [0.25, 0.3) is 0 Å². The van der Waals surface area contributed by atoms with E-state index in [9.17, 15) is 9.59 Å². The molecule has 0 bridgehead atoms. The molecule has 0 N–H and O–H groups in total. The molecule has 0 saturated carbocycles. The number of pyridine rings is 1. The van der Waals surface area contributed by atoms with E-state index < -0.39 is 5.60 Å². The molecule has 1 aromatic heterocycles. The standard InChI is InChI=1S/C27H36N4O3/c1-27(2,3)34-26(33)30(5)24-9-8-19-6-7-20(18-23(19)24)25(32)29(4)21-12-16-31(17-13-21)22-10-14-28-15-11-22/h6-7,10-11,14-15,18,21,24H,8-9,12-13,16-17H2,1-5H3. The maximum absolute atomic E-state index is 13.4. The van der Waals surface area contributed by atoms with E-state index in [0.29, 0.717) is 5.56 Å². The van der Waals surface area contributed by atoms with Crippen molar-refractivity contribution in [1.29, 1.82) is 0 Å². The average molecular weight is 465 g/mol. The van der Waals surface area contributed by atoms with Crippen molar-refractivity contribution in [3.63, 3.8) is 0 Å². The van der Waals surface area contributed by atoms with E-state index in [0.717, 1.165) is 44.3 Å². The minimum Gasteiger partial charge on any atom is -0.444 e. The van der Waals surface area contributed by atoms with Gasteiger partial charge in [-0.05, 0) is 81.8 Å². The van der Waals surface area contributed by atoms with Crippen LogP contribution >= 0.6 is 0 Å². The number of piperidine rings is 1. The number of benzene rings is 1. The highest BCUT2D eigenvalue weighted by Gasteiger charge is 2.33. The third-order valence-corrected chi connectivity index (χ3v) is 6.95. The number of hydrogen-bond donors (Lipinski definition) is 0. The summed E-state index contributed by atoms with van der Waals surface area (Å²) in [6.07, 6.45) is 6.90. The van der Waals surface area contributed by atoms with Gasteiger partial charge in [-0.3, -0.25) is 9.78 Å². The maximum atomic E-state index is 13.4. The molecule has 34 heavy (non-hydrogen) atoms. The van der Waals surface area contributed by atoms with Gasteiger partial charge in [-0.25, -0.2) is 4.79 Å². The van der Waals surface area contributed by atoms with Crippen LogP contribution in [0.1, 0.15) is 67.6 Å². The summed E-state index contributed by atoms with van der Waals surface area (Å²) in [5.41, 5.74) is 3.58. The van der Waals surface area contributed by atoms with Crippen LogP contribution in [0.3, 0.4) is 0 Å². The second-order valence-electron chi connectivity index (χ2n) is 10.4. The molecule has 1 aliphatic carbocycles. The molecule has 0 spiro atoms. The van der Waals surface area contributed by atoms with E-state index in [1.54, 1.807) is 11.9 Å². The molecular formula is C27H36N4O3. The van der Waals surface area contributed by atoms with E-state index in [2.05, 4.69) is 9.88 Å². The molecule has 2 aromatic rings. The molecular weight excluding hydrogens is 428 g/mol. The second-order valence-corrected chi connectivity index (χ2v) is 10.4. The van der Waals surface area contributed by atoms with Crippen molar-refractivity contribution in [2.75, 3.05) is 32.1 Å². The summed E-state index contributed by atoms with van der Waals surface area (Å²) >= 11 is 0. The predicted molar refractivity (Wildman–Crippen MR) is 133 cm³/mol. The number of aromatic nitrogens is 1.